The highest BCUT2D eigenvalue weighted by molar-refractivity contribution is 5.95. The molecule has 0 fully saturated rings. The summed E-state index contributed by atoms with van der Waals surface area (Å²) in [5.41, 5.74) is 1.78. The summed E-state index contributed by atoms with van der Waals surface area (Å²) >= 11 is 0. The number of carbonyl (C=O) groups is 1. The third-order valence-corrected chi connectivity index (χ3v) is 3.87. The zero-order valence-corrected chi connectivity index (χ0v) is 14.4. The number of amides is 1. The van der Waals surface area contributed by atoms with Gasteiger partial charge in [-0.15, -0.1) is 0 Å². The highest BCUT2D eigenvalue weighted by Crippen LogP contribution is 2.20. The summed E-state index contributed by atoms with van der Waals surface area (Å²) < 4.78 is 15.7. The number of aromatic nitrogens is 3. The Morgan fingerprint density at radius 2 is 2.12 bits per heavy atom. The second kappa shape index (κ2) is 8.24. The maximum absolute atomic E-state index is 13.9. The van der Waals surface area contributed by atoms with Crippen molar-refractivity contribution in [3.8, 4) is 11.4 Å². The molecule has 0 saturated heterocycles. The number of halogens is 1. The molecule has 0 atom stereocenters. The molecule has 0 spiro atoms. The second-order valence-electron chi connectivity index (χ2n) is 5.87. The molecule has 1 amide bonds. The van der Waals surface area contributed by atoms with Crippen LogP contribution in [0, 0.1) is 5.82 Å². The average Bonchev–Trinajstić information content (AvgIpc) is 3.07. The van der Waals surface area contributed by atoms with Gasteiger partial charge in [-0.3, -0.25) is 9.78 Å². The van der Waals surface area contributed by atoms with Crippen LogP contribution in [0.3, 0.4) is 0 Å². The first-order chi connectivity index (χ1) is 12.6. The summed E-state index contributed by atoms with van der Waals surface area (Å²) in [7, 11) is 1.82. The molecule has 2 heterocycles. The summed E-state index contributed by atoms with van der Waals surface area (Å²) in [5.74, 6) is -0.158. The van der Waals surface area contributed by atoms with Crippen LogP contribution in [-0.4, -0.2) is 33.5 Å². The number of nitrogens with one attached hydrogen (secondary N) is 2. The van der Waals surface area contributed by atoms with E-state index in [1.807, 2.05) is 19.2 Å². The average molecular weight is 353 g/mol. The SMILES string of the molecule is Cn1ccnc1-c1cc(F)cc(C(=O)NCCCNc2cccnc2)c1. The number of rotatable bonds is 7. The van der Waals surface area contributed by atoms with Gasteiger partial charge < -0.3 is 15.2 Å². The molecule has 0 unspecified atom stereocenters. The third kappa shape index (κ3) is 4.44. The molecule has 0 aliphatic rings. The van der Waals surface area contributed by atoms with Crippen molar-refractivity contribution >= 4 is 11.6 Å². The Kier molecular flexibility index (Phi) is 5.58. The van der Waals surface area contributed by atoms with Crippen LogP contribution < -0.4 is 10.6 Å². The zero-order chi connectivity index (χ0) is 18.4. The van der Waals surface area contributed by atoms with E-state index in [9.17, 15) is 9.18 Å². The minimum Gasteiger partial charge on any atom is -0.384 e. The lowest BCUT2D eigenvalue weighted by molar-refractivity contribution is 0.0953. The number of imidazole rings is 1. The molecule has 1 aromatic carbocycles. The lowest BCUT2D eigenvalue weighted by Crippen LogP contribution is -2.26. The van der Waals surface area contributed by atoms with Crippen molar-refractivity contribution in [3.05, 3.63) is 66.5 Å². The van der Waals surface area contributed by atoms with Crippen molar-refractivity contribution < 1.29 is 9.18 Å². The summed E-state index contributed by atoms with van der Waals surface area (Å²) in [6.07, 6.45) is 7.60. The molecule has 0 aliphatic carbocycles. The van der Waals surface area contributed by atoms with Gasteiger partial charge in [0.15, 0.2) is 0 Å². The van der Waals surface area contributed by atoms with Crippen molar-refractivity contribution in [2.45, 2.75) is 6.42 Å². The van der Waals surface area contributed by atoms with E-state index in [0.29, 0.717) is 24.5 Å². The fourth-order valence-electron chi connectivity index (χ4n) is 2.59. The van der Waals surface area contributed by atoms with Crippen LogP contribution in [0.25, 0.3) is 11.4 Å². The van der Waals surface area contributed by atoms with Gasteiger partial charge in [-0.05, 0) is 36.8 Å². The van der Waals surface area contributed by atoms with Gasteiger partial charge in [0.1, 0.15) is 11.6 Å². The van der Waals surface area contributed by atoms with Gasteiger partial charge in [0.05, 0.1) is 5.69 Å². The van der Waals surface area contributed by atoms with Crippen LogP contribution >= 0.6 is 0 Å². The highest BCUT2D eigenvalue weighted by atomic mass is 19.1. The molecular weight excluding hydrogens is 333 g/mol. The van der Waals surface area contributed by atoms with Crippen LogP contribution in [0.15, 0.2) is 55.1 Å². The van der Waals surface area contributed by atoms with Crippen molar-refractivity contribution in [1.29, 1.82) is 0 Å². The molecule has 2 aromatic heterocycles. The van der Waals surface area contributed by atoms with E-state index >= 15 is 0 Å². The van der Waals surface area contributed by atoms with Gasteiger partial charge in [0.2, 0.25) is 0 Å². The van der Waals surface area contributed by atoms with Crippen molar-refractivity contribution in [3.63, 3.8) is 0 Å². The van der Waals surface area contributed by atoms with Crippen LogP contribution in [0.2, 0.25) is 0 Å². The van der Waals surface area contributed by atoms with E-state index in [-0.39, 0.29) is 11.5 Å². The predicted octanol–water partition coefficient (Wildman–Crippen LogP) is 2.85. The maximum atomic E-state index is 13.9. The fraction of sp³-hybridized carbons (Fsp3) is 0.211. The molecule has 3 rings (SSSR count). The Morgan fingerprint density at radius 3 is 2.85 bits per heavy atom. The lowest BCUT2D eigenvalue weighted by Gasteiger charge is -2.09. The first-order valence-electron chi connectivity index (χ1n) is 8.34. The van der Waals surface area contributed by atoms with E-state index in [0.717, 1.165) is 12.1 Å². The Labute approximate surface area is 151 Å². The lowest BCUT2D eigenvalue weighted by atomic mass is 10.1. The van der Waals surface area contributed by atoms with Crippen LogP contribution in [0.4, 0.5) is 10.1 Å². The van der Waals surface area contributed by atoms with Crippen molar-refractivity contribution in [1.82, 2.24) is 19.9 Å². The molecule has 0 radical (unpaired) electrons. The number of anilines is 1. The van der Waals surface area contributed by atoms with Crippen LogP contribution in [0.5, 0.6) is 0 Å². The smallest absolute Gasteiger partial charge is 0.251 e. The van der Waals surface area contributed by atoms with Gasteiger partial charge in [-0.25, -0.2) is 9.37 Å². The van der Waals surface area contributed by atoms with E-state index in [1.54, 1.807) is 35.4 Å². The molecule has 26 heavy (non-hydrogen) atoms. The van der Waals surface area contributed by atoms with Gasteiger partial charge in [0, 0.05) is 56.1 Å². The fourth-order valence-corrected chi connectivity index (χ4v) is 2.59. The molecule has 6 nitrogen and oxygen atoms in total. The van der Waals surface area contributed by atoms with Gasteiger partial charge in [-0.1, -0.05) is 0 Å². The second-order valence-corrected chi connectivity index (χ2v) is 5.87. The molecule has 3 aromatic rings. The molecule has 0 bridgehead atoms. The first-order valence-corrected chi connectivity index (χ1v) is 8.34. The van der Waals surface area contributed by atoms with Gasteiger partial charge in [0.25, 0.3) is 5.91 Å². The monoisotopic (exact) mass is 353 g/mol. The third-order valence-electron chi connectivity index (χ3n) is 3.87. The summed E-state index contributed by atoms with van der Waals surface area (Å²) in [6.45, 7) is 1.19. The predicted molar refractivity (Wildman–Crippen MR) is 98.3 cm³/mol. The Bertz CT molecular complexity index is 879. The summed E-state index contributed by atoms with van der Waals surface area (Å²) in [5, 5.41) is 6.03. The van der Waals surface area contributed by atoms with Crippen molar-refractivity contribution in [2.75, 3.05) is 18.4 Å². The Hall–Kier alpha value is -3.22. The molecule has 0 saturated carbocycles. The molecular formula is C19H20FN5O. The number of nitrogens with zero attached hydrogens (tertiary/aromatic N) is 3. The van der Waals surface area contributed by atoms with Crippen LogP contribution in [-0.2, 0) is 7.05 Å². The van der Waals surface area contributed by atoms with Crippen LogP contribution in [0.1, 0.15) is 16.8 Å². The quantitative estimate of drug-likeness (QED) is 0.641. The number of aryl methyl sites for hydroxylation is 1. The molecule has 134 valence electrons. The van der Waals surface area contributed by atoms with Gasteiger partial charge in [-0.2, -0.15) is 0 Å². The summed E-state index contributed by atoms with van der Waals surface area (Å²) in [6, 6.07) is 8.03. The minimum atomic E-state index is -0.464. The standard InChI is InChI=1S/C19H20FN5O/c1-25-9-8-23-18(25)14-10-15(12-16(20)11-14)19(26)24-7-3-6-22-17-4-2-5-21-13-17/h2,4-5,8-13,22H,3,6-7H2,1H3,(H,24,26). The van der Waals surface area contributed by atoms with E-state index in [1.165, 1.54) is 12.1 Å². The first kappa shape index (κ1) is 17.6. The highest BCUT2D eigenvalue weighted by Gasteiger charge is 2.12. The van der Waals surface area contributed by atoms with E-state index in [4.69, 9.17) is 0 Å². The number of benzene rings is 1. The van der Waals surface area contributed by atoms with Crippen molar-refractivity contribution in [2.24, 2.45) is 7.05 Å². The zero-order valence-electron chi connectivity index (χ0n) is 14.4. The molecule has 7 heteroatoms. The van der Waals surface area contributed by atoms with E-state index in [2.05, 4.69) is 20.6 Å². The normalized spacial score (nSPS) is 10.5. The van der Waals surface area contributed by atoms with E-state index < -0.39 is 5.82 Å². The molecule has 2 N–H and O–H groups in total. The minimum absolute atomic E-state index is 0.281. The number of hydrogen-bond acceptors (Lipinski definition) is 4. The number of hydrogen-bond donors (Lipinski definition) is 2. The largest absolute Gasteiger partial charge is 0.384 e. The molecule has 0 aliphatic heterocycles. The Morgan fingerprint density at radius 1 is 1.23 bits per heavy atom. The summed E-state index contributed by atoms with van der Waals surface area (Å²) in [4.78, 5) is 20.5. The topological polar surface area (TPSA) is 71.8 Å². The number of pyridine rings is 1. The van der Waals surface area contributed by atoms with Gasteiger partial charge >= 0.3 is 0 Å². The number of carbonyl (C=O) groups excluding carboxylic acids is 1. The maximum Gasteiger partial charge on any atom is 0.251 e. The Balaban J connectivity index is 1.55.